The zero-order chi connectivity index (χ0) is 16.7. The van der Waals surface area contributed by atoms with E-state index in [1.807, 2.05) is 30.3 Å². The van der Waals surface area contributed by atoms with Gasteiger partial charge in [0.05, 0.1) is 12.3 Å². The maximum absolute atomic E-state index is 12.2. The highest BCUT2D eigenvalue weighted by Gasteiger charge is 2.27. The summed E-state index contributed by atoms with van der Waals surface area (Å²) >= 11 is 0. The number of aromatic nitrogens is 1. The van der Waals surface area contributed by atoms with E-state index >= 15 is 0 Å². The molecule has 1 heterocycles. The first-order valence-electron chi connectivity index (χ1n) is 7.32. The highest BCUT2D eigenvalue weighted by atomic mass is 16.5. The van der Waals surface area contributed by atoms with E-state index < -0.39 is 5.41 Å². The molecule has 0 aliphatic heterocycles. The van der Waals surface area contributed by atoms with Crippen LogP contribution in [0.5, 0.6) is 0 Å². The normalized spacial score (nSPS) is 10.6. The maximum Gasteiger partial charge on any atom is 0.324 e. The number of esters is 1. The van der Waals surface area contributed by atoms with Crippen LogP contribution in [0.1, 0.15) is 30.8 Å². The minimum absolute atomic E-state index is 0.141. The first-order chi connectivity index (χ1) is 11.0. The molecule has 0 unspecified atom stereocenters. The Morgan fingerprint density at radius 2 is 1.91 bits per heavy atom. The minimum atomic E-state index is -0.939. The van der Waals surface area contributed by atoms with Crippen molar-refractivity contribution in [3.05, 3.63) is 65.5 Å². The quantitative estimate of drug-likeness (QED) is 0.697. The van der Waals surface area contributed by atoms with E-state index in [0.717, 1.165) is 5.56 Å². The van der Waals surface area contributed by atoms with Crippen molar-refractivity contribution in [2.24, 2.45) is 5.41 Å². The topological polar surface area (TPSA) is 59.4 Å². The maximum atomic E-state index is 12.2. The molecule has 0 saturated heterocycles. The first-order valence-corrected chi connectivity index (χ1v) is 7.32. The van der Waals surface area contributed by atoms with Crippen molar-refractivity contribution < 1.29 is 14.6 Å². The van der Waals surface area contributed by atoms with Crippen molar-refractivity contribution in [1.29, 1.82) is 0 Å². The second-order valence-electron chi connectivity index (χ2n) is 5.61. The Bertz CT molecular complexity index is 727. The molecular formula is C19H19NO3. The van der Waals surface area contributed by atoms with Gasteiger partial charge >= 0.3 is 5.97 Å². The summed E-state index contributed by atoms with van der Waals surface area (Å²) in [4.78, 5) is 16.4. The third-order valence-corrected chi connectivity index (χ3v) is 3.19. The number of aliphatic hydroxyl groups excluding tert-OH is 1. The molecule has 0 saturated carbocycles. The lowest BCUT2D eigenvalue weighted by molar-refractivity contribution is -0.152. The summed E-state index contributed by atoms with van der Waals surface area (Å²) in [6.45, 7) is 3.51. The van der Waals surface area contributed by atoms with Gasteiger partial charge in [0.2, 0.25) is 0 Å². The predicted octanol–water partition coefficient (Wildman–Crippen LogP) is 2.70. The molecule has 0 spiro atoms. The van der Waals surface area contributed by atoms with E-state index in [4.69, 9.17) is 9.84 Å². The van der Waals surface area contributed by atoms with Gasteiger partial charge in [-0.2, -0.15) is 0 Å². The van der Waals surface area contributed by atoms with Crippen molar-refractivity contribution in [1.82, 2.24) is 4.98 Å². The number of nitrogens with zero attached hydrogens (tertiary/aromatic N) is 1. The van der Waals surface area contributed by atoms with E-state index in [-0.39, 0.29) is 19.2 Å². The van der Waals surface area contributed by atoms with Crippen molar-refractivity contribution in [3.8, 4) is 11.8 Å². The molecule has 2 rings (SSSR count). The number of benzene rings is 1. The molecule has 0 radical (unpaired) electrons. The second kappa shape index (κ2) is 7.57. The average Bonchev–Trinajstić information content (AvgIpc) is 2.59. The third kappa shape index (κ3) is 4.94. The molecule has 0 fully saturated rings. The first kappa shape index (κ1) is 16.7. The molecular weight excluding hydrogens is 290 g/mol. The van der Waals surface area contributed by atoms with Gasteiger partial charge in [-0.25, -0.2) is 4.98 Å². The smallest absolute Gasteiger partial charge is 0.324 e. The van der Waals surface area contributed by atoms with Crippen LogP contribution in [0.2, 0.25) is 0 Å². The summed E-state index contributed by atoms with van der Waals surface area (Å²) in [5.41, 5.74) is 1.05. The number of carbonyl (C=O) groups is 1. The third-order valence-electron chi connectivity index (χ3n) is 3.19. The van der Waals surface area contributed by atoms with Gasteiger partial charge in [-0.05, 0) is 37.5 Å². The van der Waals surface area contributed by atoms with Crippen molar-refractivity contribution in [2.45, 2.75) is 27.1 Å². The molecule has 2 aromatic rings. The Kier molecular flexibility index (Phi) is 5.51. The van der Waals surface area contributed by atoms with Crippen LogP contribution in [-0.2, 0) is 22.7 Å². The van der Waals surface area contributed by atoms with Gasteiger partial charge in [0.1, 0.15) is 17.7 Å². The van der Waals surface area contributed by atoms with E-state index in [1.54, 1.807) is 32.0 Å². The fraction of sp³-hybridized carbons (Fsp3) is 0.263. The van der Waals surface area contributed by atoms with E-state index in [1.165, 1.54) is 0 Å². The fourth-order valence-electron chi connectivity index (χ4n) is 1.81. The highest BCUT2D eigenvalue weighted by Crippen LogP contribution is 2.17. The monoisotopic (exact) mass is 309 g/mol. The van der Waals surface area contributed by atoms with Crippen LogP contribution >= 0.6 is 0 Å². The molecule has 0 bridgehead atoms. The number of ether oxygens (including phenoxy) is 1. The molecule has 0 atom stereocenters. The van der Waals surface area contributed by atoms with Gasteiger partial charge < -0.3 is 9.84 Å². The van der Waals surface area contributed by atoms with Crippen LogP contribution in [0.3, 0.4) is 0 Å². The number of hydrogen-bond acceptors (Lipinski definition) is 4. The zero-order valence-corrected chi connectivity index (χ0v) is 13.2. The molecule has 0 aliphatic rings. The van der Waals surface area contributed by atoms with E-state index in [0.29, 0.717) is 11.4 Å². The molecule has 118 valence electrons. The number of carbonyl (C=O) groups excluding carboxylic acids is 1. The van der Waals surface area contributed by atoms with Crippen LogP contribution in [-0.4, -0.2) is 16.1 Å². The van der Waals surface area contributed by atoms with E-state index in [9.17, 15) is 4.79 Å². The summed E-state index contributed by atoms with van der Waals surface area (Å²) in [6, 6.07) is 14.7. The van der Waals surface area contributed by atoms with Crippen LogP contribution in [0, 0.1) is 17.3 Å². The standard InChI is InChI=1S/C19H19NO3/c1-19(2,12-11-16-9-6-10-17(13-21)20-16)18(22)23-14-15-7-4-3-5-8-15/h3-10,21H,13-14H2,1-2H3. The molecule has 23 heavy (non-hydrogen) atoms. The molecule has 4 nitrogen and oxygen atoms in total. The SMILES string of the molecule is CC(C)(C#Cc1cccc(CO)n1)C(=O)OCc1ccccc1. The second-order valence-corrected chi connectivity index (χ2v) is 5.61. The molecule has 4 heteroatoms. The van der Waals surface area contributed by atoms with Crippen molar-refractivity contribution in [3.63, 3.8) is 0 Å². The summed E-state index contributed by atoms with van der Waals surface area (Å²) in [7, 11) is 0. The summed E-state index contributed by atoms with van der Waals surface area (Å²) in [6.07, 6.45) is 0. The van der Waals surface area contributed by atoms with Gasteiger partial charge in [0.25, 0.3) is 0 Å². The lowest BCUT2D eigenvalue weighted by Gasteiger charge is -2.16. The average molecular weight is 309 g/mol. The van der Waals surface area contributed by atoms with Crippen LogP contribution in [0.15, 0.2) is 48.5 Å². The Morgan fingerprint density at radius 1 is 1.17 bits per heavy atom. The Balaban J connectivity index is 2.03. The lowest BCUT2D eigenvalue weighted by Crippen LogP contribution is -2.24. The summed E-state index contributed by atoms with van der Waals surface area (Å²) < 4.78 is 5.32. The fourth-order valence-corrected chi connectivity index (χ4v) is 1.81. The minimum Gasteiger partial charge on any atom is -0.460 e. The Morgan fingerprint density at radius 3 is 2.61 bits per heavy atom. The van der Waals surface area contributed by atoms with Crippen molar-refractivity contribution in [2.75, 3.05) is 0 Å². The van der Waals surface area contributed by atoms with Gasteiger partial charge in [-0.3, -0.25) is 4.79 Å². The van der Waals surface area contributed by atoms with Gasteiger partial charge in [-0.1, -0.05) is 42.3 Å². The van der Waals surface area contributed by atoms with Crippen molar-refractivity contribution >= 4 is 5.97 Å². The number of pyridine rings is 1. The van der Waals surface area contributed by atoms with Crippen LogP contribution in [0.25, 0.3) is 0 Å². The van der Waals surface area contributed by atoms with Crippen LogP contribution in [0.4, 0.5) is 0 Å². The zero-order valence-electron chi connectivity index (χ0n) is 13.2. The summed E-state index contributed by atoms with van der Waals surface area (Å²) in [5.74, 6) is 5.38. The van der Waals surface area contributed by atoms with E-state index in [2.05, 4.69) is 16.8 Å². The van der Waals surface area contributed by atoms with Gasteiger partial charge in [-0.15, -0.1) is 0 Å². The molecule has 1 aromatic carbocycles. The lowest BCUT2D eigenvalue weighted by atomic mass is 9.94. The highest BCUT2D eigenvalue weighted by molar-refractivity contribution is 5.79. The molecule has 1 N–H and O–H groups in total. The Labute approximate surface area is 136 Å². The largest absolute Gasteiger partial charge is 0.460 e. The number of aliphatic hydroxyl groups is 1. The van der Waals surface area contributed by atoms with Crippen LogP contribution < -0.4 is 0 Å². The van der Waals surface area contributed by atoms with Gasteiger partial charge in [0.15, 0.2) is 0 Å². The number of rotatable bonds is 4. The molecule has 0 amide bonds. The number of hydrogen-bond donors (Lipinski definition) is 1. The van der Waals surface area contributed by atoms with Gasteiger partial charge in [0, 0.05) is 0 Å². The Hall–Kier alpha value is -2.64. The predicted molar refractivity (Wildman–Crippen MR) is 87.1 cm³/mol. The molecule has 0 aliphatic carbocycles. The molecule has 1 aromatic heterocycles. The summed E-state index contributed by atoms with van der Waals surface area (Å²) in [5, 5.41) is 9.07.